The number of esters is 1. The van der Waals surface area contributed by atoms with E-state index in [0.717, 1.165) is 11.3 Å². The third kappa shape index (κ3) is 3.97. The number of carbonyl (C=O) groups excluding carboxylic acids is 2. The molecule has 0 aliphatic heterocycles. The van der Waals surface area contributed by atoms with E-state index in [9.17, 15) is 14.4 Å². The van der Waals surface area contributed by atoms with E-state index in [0.29, 0.717) is 5.13 Å². The first-order chi connectivity index (χ1) is 14.8. The smallest absolute Gasteiger partial charge is 0.343 e. The molecule has 3 heterocycles. The molecule has 0 saturated carbocycles. The van der Waals surface area contributed by atoms with Gasteiger partial charge < -0.3 is 13.7 Å². The standard InChI is InChI=1S/C21H18N4O5S/c1-11-15(16-18(29-11)22-10-25(3)19(16)27)20(28)30-12(2)17(26)24-21-23-14(9-31-21)13-7-5-4-6-8-13/h4-10,12H,1-3H3,(H,23,24,26)/t12-/m0/s1. The Morgan fingerprint density at radius 1 is 1.26 bits per heavy atom. The molecular formula is C21H18N4O5S. The van der Waals surface area contributed by atoms with E-state index in [1.165, 1.54) is 43.1 Å². The molecule has 0 bridgehead atoms. The fourth-order valence-electron chi connectivity index (χ4n) is 2.99. The van der Waals surface area contributed by atoms with Gasteiger partial charge in [0.25, 0.3) is 11.5 Å². The van der Waals surface area contributed by atoms with Gasteiger partial charge in [-0.2, -0.15) is 0 Å². The van der Waals surface area contributed by atoms with E-state index < -0.39 is 23.5 Å². The normalized spacial score (nSPS) is 12.0. The number of benzene rings is 1. The van der Waals surface area contributed by atoms with Gasteiger partial charge in [0.15, 0.2) is 11.2 Å². The summed E-state index contributed by atoms with van der Waals surface area (Å²) in [4.78, 5) is 46.0. The summed E-state index contributed by atoms with van der Waals surface area (Å²) in [6.45, 7) is 2.97. The van der Waals surface area contributed by atoms with Crippen LogP contribution in [0.5, 0.6) is 0 Å². The minimum Gasteiger partial charge on any atom is -0.449 e. The van der Waals surface area contributed by atoms with Gasteiger partial charge in [0.1, 0.15) is 23.0 Å². The zero-order chi connectivity index (χ0) is 22.1. The van der Waals surface area contributed by atoms with Gasteiger partial charge >= 0.3 is 5.97 Å². The molecule has 1 amide bonds. The minimum atomic E-state index is -1.12. The molecule has 3 aromatic heterocycles. The summed E-state index contributed by atoms with van der Waals surface area (Å²) < 4.78 is 11.9. The number of hydrogen-bond donors (Lipinski definition) is 1. The van der Waals surface area contributed by atoms with Crippen molar-refractivity contribution >= 4 is 39.4 Å². The van der Waals surface area contributed by atoms with Gasteiger partial charge in [-0.1, -0.05) is 30.3 Å². The Kier molecular flexibility index (Phi) is 5.38. The zero-order valence-electron chi connectivity index (χ0n) is 16.9. The molecule has 4 aromatic rings. The van der Waals surface area contributed by atoms with Crippen molar-refractivity contribution in [3.05, 3.63) is 63.7 Å². The predicted molar refractivity (Wildman–Crippen MR) is 115 cm³/mol. The van der Waals surface area contributed by atoms with Crippen molar-refractivity contribution in [2.75, 3.05) is 5.32 Å². The second kappa shape index (κ2) is 8.15. The van der Waals surface area contributed by atoms with Crippen LogP contribution in [0, 0.1) is 6.92 Å². The van der Waals surface area contributed by atoms with Crippen LogP contribution in [0.15, 0.2) is 51.3 Å². The second-order valence-corrected chi connectivity index (χ2v) is 7.67. The molecule has 0 radical (unpaired) electrons. The number of thiazole rings is 1. The van der Waals surface area contributed by atoms with Gasteiger partial charge in [-0.25, -0.2) is 14.8 Å². The van der Waals surface area contributed by atoms with E-state index in [1.54, 1.807) is 0 Å². The summed E-state index contributed by atoms with van der Waals surface area (Å²) >= 11 is 1.26. The van der Waals surface area contributed by atoms with E-state index in [-0.39, 0.29) is 22.4 Å². The van der Waals surface area contributed by atoms with E-state index in [2.05, 4.69) is 15.3 Å². The van der Waals surface area contributed by atoms with Crippen LogP contribution in [-0.4, -0.2) is 32.5 Å². The summed E-state index contributed by atoms with van der Waals surface area (Å²) in [6, 6.07) is 9.55. The SMILES string of the molecule is Cc1oc2ncn(C)c(=O)c2c1C(=O)O[C@@H](C)C(=O)Nc1nc(-c2ccccc2)cs1. The Morgan fingerprint density at radius 3 is 2.74 bits per heavy atom. The number of anilines is 1. The van der Waals surface area contributed by atoms with Crippen molar-refractivity contribution < 1.29 is 18.7 Å². The molecule has 9 nitrogen and oxygen atoms in total. The lowest BCUT2D eigenvalue weighted by atomic mass is 10.2. The van der Waals surface area contributed by atoms with E-state index in [1.807, 2.05) is 35.7 Å². The quantitative estimate of drug-likeness (QED) is 0.476. The molecule has 1 aromatic carbocycles. The van der Waals surface area contributed by atoms with Crippen LogP contribution in [0.25, 0.3) is 22.4 Å². The third-order valence-corrected chi connectivity index (χ3v) is 5.37. The van der Waals surface area contributed by atoms with Crippen LogP contribution >= 0.6 is 11.3 Å². The van der Waals surface area contributed by atoms with Gasteiger partial charge in [-0.3, -0.25) is 14.9 Å². The van der Waals surface area contributed by atoms with Crippen LogP contribution in [0.4, 0.5) is 5.13 Å². The lowest BCUT2D eigenvalue weighted by molar-refractivity contribution is -0.123. The minimum absolute atomic E-state index is 0.0209. The molecule has 4 rings (SSSR count). The summed E-state index contributed by atoms with van der Waals surface area (Å²) in [5.41, 5.74) is 1.22. The molecule has 0 aliphatic rings. The highest BCUT2D eigenvalue weighted by Crippen LogP contribution is 2.25. The van der Waals surface area contributed by atoms with E-state index >= 15 is 0 Å². The number of carbonyl (C=O) groups is 2. The number of fused-ring (bicyclic) bond motifs is 1. The summed E-state index contributed by atoms with van der Waals surface area (Å²) in [7, 11) is 1.51. The maximum Gasteiger partial charge on any atom is 0.343 e. The first-order valence-corrected chi connectivity index (χ1v) is 10.2. The fraction of sp³-hybridized carbons (Fsp3) is 0.190. The molecule has 1 atom stereocenters. The largest absolute Gasteiger partial charge is 0.449 e. The lowest BCUT2D eigenvalue weighted by Crippen LogP contribution is -2.30. The lowest BCUT2D eigenvalue weighted by Gasteiger charge is -2.12. The van der Waals surface area contributed by atoms with Gasteiger partial charge in [-0.05, 0) is 13.8 Å². The maximum atomic E-state index is 12.7. The summed E-state index contributed by atoms with van der Waals surface area (Å²) in [6.07, 6.45) is 0.178. The molecule has 0 spiro atoms. The van der Waals surface area contributed by atoms with Crippen molar-refractivity contribution in [1.82, 2.24) is 14.5 Å². The van der Waals surface area contributed by atoms with E-state index in [4.69, 9.17) is 9.15 Å². The molecule has 158 valence electrons. The van der Waals surface area contributed by atoms with Crippen LogP contribution in [-0.2, 0) is 16.6 Å². The summed E-state index contributed by atoms with van der Waals surface area (Å²) in [5.74, 6) is -1.19. The maximum absolute atomic E-state index is 12.7. The Hall–Kier alpha value is -3.79. The Bertz CT molecular complexity index is 1340. The molecule has 31 heavy (non-hydrogen) atoms. The zero-order valence-corrected chi connectivity index (χ0v) is 17.7. The monoisotopic (exact) mass is 438 g/mol. The predicted octanol–water partition coefficient (Wildman–Crippen LogP) is 3.14. The Morgan fingerprint density at radius 2 is 2.00 bits per heavy atom. The van der Waals surface area contributed by atoms with Crippen molar-refractivity contribution in [3.63, 3.8) is 0 Å². The van der Waals surface area contributed by atoms with Crippen LogP contribution in [0.2, 0.25) is 0 Å². The highest BCUT2D eigenvalue weighted by molar-refractivity contribution is 7.14. The molecule has 10 heteroatoms. The van der Waals surface area contributed by atoms with Crippen molar-refractivity contribution in [1.29, 1.82) is 0 Å². The molecule has 0 aliphatic carbocycles. The number of rotatable bonds is 5. The molecular weight excluding hydrogens is 420 g/mol. The summed E-state index contributed by atoms with van der Waals surface area (Å²) in [5, 5.41) is 4.87. The molecule has 0 saturated heterocycles. The Balaban J connectivity index is 1.49. The first kappa shape index (κ1) is 20.5. The highest BCUT2D eigenvalue weighted by atomic mass is 32.1. The van der Waals surface area contributed by atoms with Gasteiger partial charge in [0.05, 0.1) is 5.69 Å². The molecule has 0 fully saturated rings. The van der Waals surface area contributed by atoms with Gasteiger partial charge in [-0.15, -0.1) is 11.3 Å². The highest BCUT2D eigenvalue weighted by Gasteiger charge is 2.27. The third-order valence-electron chi connectivity index (χ3n) is 4.61. The number of nitrogens with zero attached hydrogens (tertiary/aromatic N) is 3. The number of ether oxygens (including phenoxy) is 1. The number of aryl methyl sites for hydroxylation is 2. The van der Waals surface area contributed by atoms with Gasteiger partial charge in [0, 0.05) is 18.0 Å². The second-order valence-electron chi connectivity index (χ2n) is 6.81. The number of amides is 1. The molecule has 0 unspecified atom stereocenters. The number of hydrogen-bond acceptors (Lipinski definition) is 8. The average Bonchev–Trinajstić information content (AvgIpc) is 3.35. The van der Waals surface area contributed by atoms with Crippen LogP contribution < -0.4 is 10.9 Å². The average molecular weight is 438 g/mol. The van der Waals surface area contributed by atoms with Crippen molar-refractivity contribution in [3.8, 4) is 11.3 Å². The van der Waals surface area contributed by atoms with Crippen molar-refractivity contribution in [2.45, 2.75) is 20.0 Å². The fourth-order valence-corrected chi connectivity index (χ4v) is 3.71. The molecule has 1 N–H and O–H groups in total. The number of furan rings is 1. The first-order valence-electron chi connectivity index (χ1n) is 9.32. The Labute approximate surface area is 180 Å². The number of nitrogens with one attached hydrogen (secondary N) is 1. The van der Waals surface area contributed by atoms with Crippen molar-refractivity contribution in [2.24, 2.45) is 7.05 Å². The van der Waals surface area contributed by atoms with Crippen LogP contribution in [0.3, 0.4) is 0 Å². The number of aromatic nitrogens is 3. The van der Waals surface area contributed by atoms with Gasteiger partial charge in [0.2, 0.25) is 5.71 Å². The topological polar surface area (TPSA) is 116 Å². The van der Waals surface area contributed by atoms with Crippen LogP contribution in [0.1, 0.15) is 23.0 Å².